The number of hydrogen-bond donors (Lipinski definition) is 1. The van der Waals surface area contributed by atoms with E-state index in [2.05, 4.69) is 10.2 Å². The molecule has 1 N–H and O–H groups in total. The van der Waals surface area contributed by atoms with Crippen molar-refractivity contribution in [3.05, 3.63) is 51.9 Å². The summed E-state index contributed by atoms with van der Waals surface area (Å²) < 4.78 is 21.0. The van der Waals surface area contributed by atoms with Crippen molar-refractivity contribution in [3.8, 4) is 11.5 Å². The van der Waals surface area contributed by atoms with Crippen molar-refractivity contribution in [2.45, 2.75) is 6.92 Å². The van der Waals surface area contributed by atoms with Gasteiger partial charge in [-0.05, 0) is 66.7 Å². The maximum absolute atomic E-state index is 13.0. The van der Waals surface area contributed by atoms with Gasteiger partial charge in [-0.25, -0.2) is 4.79 Å². The summed E-state index contributed by atoms with van der Waals surface area (Å²) in [4.78, 5) is 53.0. The lowest BCUT2D eigenvalue weighted by Crippen LogP contribution is -2.36. The van der Waals surface area contributed by atoms with Gasteiger partial charge in [0.05, 0.1) is 36.9 Å². The fourth-order valence-electron chi connectivity index (χ4n) is 4.01. The molecule has 4 rings (SSSR count). The largest absolute Gasteiger partial charge is 0.493 e. The number of hydrogen-bond acceptors (Lipinski definition) is 10. The van der Waals surface area contributed by atoms with E-state index in [1.54, 1.807) is 25.1 Å². The maximum atomic E-state index is 13.0. The van der Waals surface area contributed by atoms with Gasteiger partial charge in [0.2, 0.25) is 5.91 Å². The Morgan fingerprint density at radius 3 is 2.55 bits per heavy atom. The van der Waals surface area contributed by atoms with E-state index < -0.39 is 29.6 Å². The SMILES string of the molecule is CCOC(=O)COc1c(Cl)cc(/C=C2\SC(=O)N(CC(=O)Nc3ccc(N4CCOCC4)cc3)C2=O)cc1OC. The first-order chi connectivity index (χ1) is 19.3. The zero-order valence-electron chi connectivity index (χ0n) is 21.9. The molecule has 2 aliphatic rings. The molecule has 212 valence electrons. The van der Waals surface area contributed by atoms with E-state index >= 15 is 0 Å². The molecule has 0 bridgehead atoms. The van der Waals surface area contributed by atoms with Crippen molar-refractivity contribution in [2.24, 2.45) is 0 Å². The molecular weight excluding hydrogens is 562 g/mol. The van der Waals surface area contributed by atoms with Gasteiger partial charge in [-0.3, -0.25) is 19.3 Å². The van der Waals surface area contributed by atoms with Gasteiger partial charge >= 0.3 is 5.97 Å². The lowest BCUT2D eigenvalue weighted by molar-refractivity contribution is -0.145. The average Bonchev–Trinajstić information content (AvgIpc) is 3.20. The number of carbonyl (C=O) groups is 4. The van der Waals surface area contributed by atoms with Gasteiger partial charge in [0.25, 0.3) is 11.1 Å². The second-order valence-corrected chi connectivity index (χ2v) is 9.99. The number of carbonyl (C=O) groups excluding carboxylic acids is 4. The highest BCUT2D eigenvalue weighted by Gasteiger charge is 2.36. The predicted octanol–water partition coefficient (Wildman–Crippen LogP) is 3.80. The minimum absolute atomic E-state index is 0.117. The molecule has 3 amide bonds. The summed E-state index contributed by atoms with van der Waals surface area (Å²) in [5.41, 5.74) is 2.03. The summed E-state index contributed by atoms with van der Waals surface area (Å²) in [5.74, 6) is -1.31. The standard InChI is InChI=1S/C27H28ClN3O8S/c1-3-38-24(33)16-39-25-20(28)12-17(13-21(25)36-2)14-22-26(34)31(27(35)40-22)15-23(32)29-18-4-6-19(7-5-18)30-8-10-37-11-9-30/h4-7,12-14H,3,8-11,15-16H2,1-2H3,(H,29,32)/b22-14-. The molecule has 2 aliphatic heterocycles. The Balaban J connectivity index is 1.39. The van der Waals surface area contributed by atoms with Crippen LogP contribution in [0.5, 0.6) is 11.5 Å². The van der Waals surface area contributed by atoms with Crippen LogP contribution in [0.25, 0.3) is 6.08 Å². The van der Waals surface area contributed by atoms with Crippen LogP contribution < -0.4 is 19.7 Å². The lowest BCUT2D eigenvalue weighted by Gasteiger charge is -2.28. The number of ether oxygens (including phenoxy) is 4. The number of halogens is 1. The molecule has 0 unspecified atom stereocenters. The molecule has 2 aromatic rings. The molecule has 2 fully saturated rings. The summed E-state index contributed by atoms with van der Waals surface area (Å²) in [6, 6.07) is 10.4. The fourth-order valence-corrected chi connectivity index (χ4v) is 5.12. The molecule has 13 heteroatoms. The Hall–Kier alpha value is -3.74. The molecule has 0 saturated carbocycles. The van der Waals surface area contributed by atoms with Crippen LogP contribution in [0.3, 0.4) is 0 Å². The first kappa shape index (κ1) is 29.2. The van der Waals surface area contributed by atoms with Crippen LogP contribution in [0, 0.1) is 0 Å². The van der Waals surface area contributed by atoms with Crippen LogP contribution in [0.15, 0.2) is 41.3 Å². The van der Waals surface area contributed by atoms with Crippen LogP contribution in [-0.4, -0.2) is 81.1 Å². The highest BCUT2D eigenvalue weighted by atomic mass is 35.5. The zero-order valence-corrected chi connectivity index (χ0v) is 23.5. The number of methoxy groups -OCH3 is 1. The Bertz CT molecular complexity index is 1310. The number of imide groups is 1. The third-order valence-electron chi connectivity index (χ3n) is 5.89. The highest BCUT2D eigenvalue weighted by molar-refractivity contribution is 8.18. The van der Waals surface area contributed by atoms with Crippen molar-refractivity contribution in [1.29, 1.82) is 0 Å². The number of benzene rings is 2. The average molecular weight is 590 g/mol. The Kier molecular flexibility index (Phi) is 9.91. The van der Waals surface area contributed by atoms with Gasteiger partial charge < -0.3 is 29.2 Å². The Morgan fingerprint density at radius 2 is 1.88 bits per heavy atom. The zero-order chi connectivity index (χ0) is 28.6. The topological polar surface area (TPSA) is 124 Å². The van der Waals surface area contributed by atoms with Crippen LogP contribution in [0.1, 0.15) is 12.5 Å². The number of nitrogens with zero attached hydrogens (tertiary/aromatic N) is 2. The van der Waals surface area contributed by atoms with E-state index in [9.17, 15) is 19.2 Å². The van der Waals surface area contributed by atoms with E-state index in [4.69, 9.17) is 30.5 Å². The maximum Gasteiger partial charge on any atom is 0.344 e. The predicted molar refractivity (Wildman–Crippen MR) is 151 cm³/mol. The van der Waals surface area contributed by atoms with Crippen molar-refractivity contribution in [1.82, 2.24) is 4.90 Å². The number of thioether (sulfide) groups is 1. The van der Waals surface area contributed by atoms with Crippen LogP contribution in [0.4, 0.5) is 16.2 Å². The van der Waals surface area contributed by atoms with E-state index in [-0.39, 0.29) is 34.6 Å². The number of morpholine rings is 1. The van der Waals surface area contributed by atoms with E-state index in [1.807, 2.05) is 12.1 Å². The van der Waals surface area contributed by atoms with Crippen molar-refractivity contribution < 1.29 is 38.1 Å². The van der Waals surface area contributed by atoms with Gasteiger partial charge in [0.1, 0.15) is 6.54 Å². The lowest BCUT2D eigenvalue weighted by atomic mass is 10.1. The molecule has 11 nitrogen and oxygen atoms in total. The number of nitrogens with one attached hydrogen (secondary N) is 1. The third kappa shape index (κ3) is 7.26. The first-order valence-electron chi connectivity index (χ1n) is 12.4. The van der Waals surface area contributed by atoms with Gasteiger partial charge in [-0.15, -0.1) is 0 Å². The van der Waals surface area contributed by atoms with Crippen molar-refractivity contribution in [2.75, 3.05) is 63.4 Å². The van der Waals surface area contributed by atoms with Gasteiger partial charge in [0.15, 0.2) is 18.1 Å². The van der Waals surface area contributed by atoms with Crippen molar-refractivity contribution >= 4 is 63.8 Å². The first-order valence-corrected chi connectivity index (χ1v) is 13.6. The van der Waals surface area contributed by atoms with E-state index in [1.165, 1.54) is 19.3 Å². The number of rotatable bonds is 10. The molecular formula is C27H28ClN3O8S. The van der Waals surface area contributed by atoms with Gasteiger partial charge in [0, 0.05) is 24.5 Å². The molecule has 0 aromatic heterocycles. The van der Waals surface area contributed by atoms with Crippen LogP contribution in [-0.2, 0) is 23.9 Å². The minimum Gasteiger partial charge on any atom is -0.493 e. The summed E-state index contributed by atoms with van der Waals surface area (Å²) in [5, 5.41) is 2.29. The summed E-state index contributed by atoms with van der Waals surface area (Å²) in [7, 11) is 1.40. The smallest absolute Gasteiger partial charge is 0.344 e. The van der Waals surface area contributed by atoms with E-state index in [0.717, 1.165) is 23.7 Å². The number of amides is 3. The summed E-state index contributed by atoms with van der Waals surface area (Å²) in [6.45, 7) is 4.03. The van der Waals surface area contributed by atoms with Crippen LogP contribution in [0.2, 0.25) is 5.02 Å². The van der Waals surface area contributed by atoms with Crippen LogP contribution >= 0.6 is 23.4 Å². The molecule has 0 aliphatic carbocycles. The summed E-state index contributed by atoms with van der Waals surface area (Å²) in [6.07, 6.45) is 1.47. The molecule has 40 heavy (non-hydrogen) atoms. The highest BCUT2D eigenvalue weighted by Crippen LogP contribution is 2.39. The molecule has 0 radical (unpaired) electrons. The molecule has 2 aromatic carbocycles. The second-order valence-electron chi connectivity index (χ2n) is 8.59. The fraction of sp³-hybridized carbons (Fsp3) is 0.333. The minimum atomic E-state index is -0.606. The normalized spacial score (nSPS) is 16.3. The van der Waals surface area contributed by atoms with Gasteiger partial charge in [-0.1, -0.05) is 11.6 Å². The van der Waals surface area contributed by atoms with Crippen molar-refractivity contribution in [3.63, 3.8) is 0 Å². The molecule has 2 saturated heterocycles. The molecule has 0 spiro atoms. The number of anilines is 2. The monoisotopic (exact) mass is 589 g/mol. The van der Waals surface area contributed by atoms with E-state index in [0.29, 0.717) is 36.2 Å². The van der Waals surface area contributed by atoms with Gasteiger partial charge in [-0.2, -0.15) is 0 Å². The number of esters is 1. The quantitative estimate of drug-likeness (QED) is 0.323. The summed E-state index contributed by atoms with van der Waals surface area (Å²) >= 11 is 7.05. The molecule has 2 heterocycles. The molecule has 0 atom stereocenters. The Morgan fingerprint density at radius 1 is 1.15 bits per heavy atom. The third-order valence-corrected chi connectivity index (χ3v) is 7.08. The Labute approximate surface area is 240 Å². The second kappa shape index (κ2) is 13.6.